The van der Waals surface area contributed by atoms with Crippen molar-refractivity contribution in [1.82, 2.24) is 9.80 Å². The van der Waals surface area contributed by atoms with Gasteiger partial charge in [-0.05, 0) is 44.1 Å². The zero-order valence-electron chi connectivity index (χ0n) is 27.7. The average Bonchev–Trinajstić information content (AvgIpc) is 3.00. The van der Waals surface area contributed by atoms with Crippen LogP contribution in [-0.2, 0) is 9.59 Å². The van der Waals surface area contributed by atoms with Crippen LogP contribution in [0.3, 0.4) is 0 Å². The van der Waals surface area contributed by atoms with Gasteiger partial charge in [0.15, 0.2) is 4.98 Å². The van der Waals surface area contributed by atoms with E-state index in [0.29, 0.717) is 24.0 Å². The Labute approximate surface area is 256 Å². The molecule has 0 aliphatic carbocycles. The number of nitrogens with zero attached hydrogens (tertiary/aromatic N) is 5. The number of unbranched alkanes of at least 4 members (excludes halogenated alkanes) is 5. The molecule has 0 aliphatic heterocycles. The molecule has 0 heterocycles. The van der Waals surface area contributed by atoms with Gasteiger partial charge in [-0.2, -0.15) is 0 Å². The zero-order chi connectivity index (χ0) is 31.2. The fraction of sp³-hybridized carbons (Fsp3) is 0.765. The number of hydrogen-bond donors (Lipinski definition) is 0. The number of amides is 2. The number of carbonyl (C=O) groups excluding carboxylic acids is 2. The van der Waals surface area contributed by atoms with Gasteiger partial charge in [0.05, 0.1) is 19.7 Å². The van der Waals surface area contributed by atoms with Gasteiger partial charge in [0.2, 0.25) is 23.0 Å². The molecule has 0 aliphatic rings. The lowest BCUT2D eigenvalue weighted by Crippen LogP contribution is -2.46. The van der Waals surface area contributed by atoms with Gasteiger partial charge in [-0.1, -0.05) is 86.5 Å². The van der Waals surface area contributed by atoms with Crippen molar-refractivity contribution in [3.63, 3.8) is 0 Å². The molecule has 8 nitrogen and oxygen atoms in total. The van der Waals surface area contributed by atoms with E-state index in [1.165, 1.54) is 0 Å². The SMILES string of the molecule is CCCCC(CC)COc1cc(N(CC(=O)N(CCCC)CCCC)CC(=O)N(CCCC)CCCC)ccc1[N+]#N. The van der Waals surface area contributed by atoms with E-state index in [-0.39, 0.29) is 24.9 Å². The normalized spacial score (nSPS) is 11.5. The standard InChI is InChI=1S/C34H60N5O3/c1-7-13-18-29(12-6)28-42-32-25-30(19-20-31(32)36-35)39(26-33(40)37(21-14-8-2)22-15-9-3)27-34(41)38(23-16-10-4)24-17-11-5/h19-20,25,29H,7-18,21-24,26-28H2,1-6H3/q+1. The molecule has 1 rings (SSSR count). The van der Waals surface area contributed by atoms with Crippen LogP contribution < -0.4 is 9.64 Å². The molecule has 0 saturated heterocycles. The number of hydrogen-bond acceptors (Lipinski definition) is 5. The molecular formula is C34H60N5O3+. The first-order valence-electron chi connectivity index (χ1n) is 16.8. The molecule has 238 valence electrons. The zero-order valence-corrected chi connectivity index (χ0v) is 27.7. The molecule has 0 aromatic heterocycles. The molecule has 0 N–H and O–H groups in total. The van der Waals surface area contributed by atoms with Crippen molar-refractivity contribution >= 4 is 23.2 Å². The van der Waals surface area contributed by atoms with Crippen molar-refractivity contribution in [3.8, 4) is 5.75 Å². The summed E-state index contributed by atoms with van der Waals surface area (Å²) in [5.41, 5.74) is 1.07. The van der Waals surface area contributed by atoms with E-state index in [0.717, 1.165) is 109 Å². The van der Waals surface area contributed by atoms with Gasteiger partial charge in [0, 0.05) is 44.0 Å². The average molecular weight is 587 g/mol. The van der Waals surface area contributed by atoms with E-state index in [2.05, 4.69) is 46.5 Å². The molecule has 0 radical (unpaired) electrons. The Morgan fingerprint density at radius 3 is 1.64 bits per heavy atom. The lowest BCUT2D eigenvalue weighted by Gasteiger charge is -2.31. The van der Waals surface area contributed by atoms with Gasteiger partial charge in [0.25, 0.3) is 0 Å². The predicted molar refractivity (Wildman–Crippen MR) is 175 cm³/mol. The third-order valence-corrected chi connectivity index (χ3v) is 7.92. The maximum Gasteiger partial charge on any atom is 0.426 e. The second-order valence-corrected chi connectivity index (χ2v) is 11.5. The molecule has 0 bridgehead atoms. The summed E-state index contributed by atoms with van der Waals surface area (Å²) in [7, 11) is 0. The molecule has 1 unspecified atom stereocenters. The summed E-state index contributed by atoms with van der Waals surface area (Å²) in [4.78, 5) is 36.6. The van der Waals surface area contributed by atoms with Gasteiger partial charge in [0.1, 0.15) is 0 Å². The van der Waals surface area contributed by atoms with E-state index in [9.17, 15) is 15.0 Å². The topological polar surface area (TPSA) is 81.2 Å². The second-order valence-electron chi connectivity index (χ2n) is 11.5. The molecule has 1 aromatic rings. The van der Waals surface area contributed by atoms with E-state index >= 15 is 0 Å². The summed E-state index contributed by atoms with van der Waals surface area (Å²) < 4.78 is 6.22. The summed E-state index contributed by atoms with van der Waals surface area (Å²) in [6.07, 6.45) is 12.3. The van der Waals surface area contributed by atoms with Crippen LogP contribution in [0.2, 0.25) is 0 Å². The number of rotatable bonds is 24. The molecule has 42 heavy (non-hydrogen) atoms. The minimum absolute atomic E-state index is 0.0300. The van der Waals surface area contributed by atoms with Gasteiger partial charge < -0.3 is 19.4 Å². The van der Waals surface area contributed by atoms with Crippen LogP contribution in [0.25, 0.3) is 4.98 Å². The third kappa shape index (κ3) is 13.9. The Balaban J connectivity index is 3.35. The minimum Gasteiger partial charge on any atom is -0.486 e. The highest BCUT2D eigenvalue weighted by Crippen LogP contribution is 2.33. The summed E-state index contributed by atoms with van der Waals surface area (Å²) in [5.74, 6) is 0.943. The fourth-order valence-corrected chi connectivity index (χ4v) is 4.89. The molecular weight excluding hydrogens is 526 g/mol. The maximum atomic E-state index is 13.7. The largest absolute Gasteiger partial charge is 0.486 e. The van der Waals surface area contributed by atoms with Crippen molar-refractivity contribution in [2.24, 2.45) is 5.92 Å². The van der Waals surface area contributed by atoms with Crippen molar-refractivity contribution in [3.05, 3.63) is 23.2 Å². The Hall–Kier alpha value is -2.82. The van der Waals surface area contributed by atoms with Crippen LogP contribution in [0, 0.1) is 11.3 Å². The van der Waals surface area contributed by atoms with Crippen LogP contribution in [0.1, 0.15) is 119 Å². The molecule has 2 amide bonds. The number of benzene rings is 1. The van der Waals surface area contributed by atoms with E-state index in [4.69, 9.17) is 4.74 Å². The fourth-order valence-electron chi connectivity index (χ4n) is 4.89. The Kier molecular flexibility index (Phi) is 20.1. The number of ether oxygens (including phenoxy) is 1. The highest BCUT2D eigenvalue weighted by Gasteiger charge is 2.25. The minimum atomic E-state index is 0.0300. The number of carbonyl (C=O) groups is 2. The van der Waals surface area contributed by atoms with Crippen LogP contribution in [0.5, 0.6) is 5.75 Å². The smallest absolute Gasteiger partial charge is 0.426 e. The highest BCUT2D eigenvalue weighted by atomic mass is 16.5. The van der Waals surface area contributed by atoms with Crippen molar-refractivity contribution < 1.29 is 14.3 Å². The predicted octanol–water partition coefficient (Wildman–Crippen LogP) is 8.43. The van der Waals surface area contributed by atoms with Crippen LogP contribution in [0.15, 0.2) is 18.2 Å². The molecule has 1 atom stereocenters. The quantitative estimate of drug-likeness (QED) is 0.114. The summed E-state index contributed by atoms with van der Waals surface area (Å²) in [5, 5.41) is 9.69. The first-order chi connectivity index (χ1) is 20.4. The third-order valence-electron chi connectivity index (χ3n) is 7.92. The lowest BCUT2D eigenvalue weighted by molar-refractivity contribution is -0.130. The van der Waals surface area contributed by atoms with E-state index < -0.39 is 0 Å². The Morgan fingerprint density at radius 2 is 1.24 bits per heavy atom. The monoisotopic (exact) mass is 586 g/mol. The lowest BCUT2D eigenvalue weighted by atomic mass is 10.0. The van der Waals surface area contributed by atoms with E-state index in [1.54, 1.807) is 6.07 Å². The molecule has 0 saturated carbocycles. The van der Waals surface area contributed by atoms with Crippen LogP contribution in [-0.4, -0.2) is 67.5 Å². The van der Waals surface area contributed by atoms with Crippen molar-refractivity contribution in [2.45, 2.75) is 119 Å². The summed E-state index contributed by atoms with van der Waals surface area (Å²) >= 11 is 0. The molecule has 0 fully saturated rings. The first-order valence-corrected chi connectivity index (χ1v) is 16.8. The van der Waals surface area contributed by atoms with E-state index in [1.807, 2.05) is 26.8 Å². The number of diazo groups is 1. The van der Waals surface area contributed by atoms with Crippen LogP contribution in [0.4, 0.5) is 11.4 Å². The van der Waals surface area contributed by atoms with Gasteiger partial charge >= 0.3 is 5.69 Å². The highest BCUT2D eigenvalue weighted by molar-refractivity contribution is 5.87. The summed E-state index contributed by atoms with van der Waals surface area (Å²) in [6.45, 7) is 16.5. The Bertz CT molecular complexity index is 882. The molecule has 0 spiro atoms. The van der Waals surface area contributed by atoms with Gasteiger partial charge in [-0.15, -0.1) is 0 Å². The van der Waals surface area contributed by atoms with Crippen molar-refractivity contribution in [2.75, 3.05) is 50.8 Å². The second kappa shape index (κ2) is 22.7. The molecule has 1 aromatic carbocycles. The first kappa shape index (κ1) is 37.2. The maximum absolute atomic E-state index is 13.7. The van der Waals surface area contributed by atoms with Crippen molar-refractivity contribution in [1.29, 1.82) is 5.39 Å². The van der Waals surface area contributed by atoms with Gasteiger partial charge in [-0.3, -0.25) is 9.59 Å². The van der Waals surface area contributed by atoms with Gasteiger partial charge in [-0.25, -0.2) is 0 Å². The summed E-state index contributed by atoms with van der Waals surface area (Å²) in [6, 6.07) is 5.35. The molecule has 8 heteroatoms. The Morgan fingerprint density at radius 1 is 0.762 bits per heavy atom. The number of anilines is 1. The van der Waals surface area contributed by atoms with Crippen LogP contribution >= 0.6 is 0 Å².